The van der Waals surface area contributed by atoms with Crippen LogP contribution in [0.5, 0.6) is 0 Å². The fourth-order valence-corrected chi connectivity index (χ4v) is 3.05. The number of nitrogens with zero attached hydrogens (tertiary/aromatic N) is 1. The lowest BCUT2D eigenvalue weighted by Crippen LogP contribution is -2.56. The smallest absolute Gasteiger partial charge is 0.288 e. The van der Waals surface area contributed by atoms with E-state index in [0.29, 0.717) is 12.8 Å². The van der Waals surface area contributed by atoms with Gasteiger partial charge in [0.1, 0.15) is 6.04 Å². The predicted molar refractivity (Wildman–Crippen MR) is 82.5 cm³/mol. The molecule has 23 heavy (non-hydrogen) atoms. The second kappa shape index (κ2) is 6.91. The molecule has 0 bridgehead atoms. The van der Waals surface area contributed by atoms with E-state index in [-0.39, 0.29) is 18.7 Å². The third-order valence-electron chi connectivity index (χ3n) is 4.22. The highest BCUT2D eigenvalue weighted by Crippen LogP contribution is 2.35. The molecule has 0 unspecified atom stereocenters. The van der Waals surface area contributed by atoms with Gasteiger partial charge in [0, 0.05) is 12.0 Å². The second-order valence-electron chi connectivity index (χ2n) is 6.68. The summed E-state index contributed by atoms with van der Waals surface area (Å²) in [6.07, 6.45) is -2.37. The van der Waals surface area contributed by atoms with Gasteiger partial charge in [0.2, 0.25) is 5.91 Å². The number of nitrogens with one attached hydrogen (secondary N) is 1. The average Bonchev–Trinajstić information content (AvgIpc) is 2.71. The van der Waals surface area contributed by atoms with E-state index in [2.05, 4.69) is 5.43 Å². The van der Waals surface area contributed by atoms with Crippen LogP contribution in [-0.2, 0) is 11.2 Å². The van der Waals surface area contributed by atoms with Crippen molar-refractivity contribution >= 4 is 5.91 Å². The molecule has 0 radical (unpaired) electrons. The SMILES string of the molecule is CC1(C)CC(=O)NN1[C@@H](CCCCc1ccccc1)C(F)(F)F. The van der Waals surface area contributed by atoms with E-state index in [1.807, 2.05) is 30.3 Å². The van der Waals surface area contributed by atoms with Gasteiger partial charge in [-0.2, -0.15) is 13.2 Å². The van der Waals surface area contributed by atoms with E-state index < -0.39 is 17.8 Å². The van der Waals surface area contributed by atoms with Crippen LogP contribution in [0, 0.1) is 0 Å². The molecule has 1 aliphatic rings. The van der Waals surface area contributed by atoms with Crippen LogP contribution in [0.25, 0.3) is 0 Å². The van der Waals surface area contributed by atoms with Gasteiger partial charge in [-0.3, -0.25) is 10.2 Å². The standard InChI is InChI=1S/C17H23F3N2O/c1-16(2)12-15(23)21-22(16)14(17(18,19)20)11-7-6-10-13-8-4-3-5-9-13/h3-5,8-9,14H,6-7,10-12H2,1-2H3,(H,21,23)/t14-/m0/s1. The van der Waals surface area contributed by atoms with Crippen molar-refractivity contribution in [2.24, 2.45) is 0 Å². The molecule has 0 aromatic heterocycles. The summed E-state index contributed by atoms with van der Waals surface area (Å²) in [4.78, 5) is 11.5. The molecule has 0 aliphatic carbocycles. The first-order valence-electron chi connectivity index (χ1n) is 7.89. The van der Waals surface area contributed by atoms with Gasteiger partial charge in [-0.05, 0) is 38.7 Å². The number of rotatable bonds is 6. The minimum atomic E-state index is -4.36. The molecule has 1 atom stereocenters. The van der Waals surface area contributed by atoms with Crippen LogP contribution < -0.4 is 5.43 Å². The number of hydrazine groups is 1. The number of carbonyl (C=O) groups excluding carboxylic acids is 1. The third-order valence-corrected chi connectivity index (χ3v) is 4.22. The van der Waals surface area contributed by atoms with Crippen LogP contribution >= 0.6 is 0 Å². The van der Waals surface area contributed by atoms with E-state index >= 15 is 0 Å². The molecule has 128 valence electrons. The number of unbranched alkanes of at least 4 members (excludes halogenated alkanes) is 1. The summed E-state index contributed by atoms with van der Waals surface area (Å²) in [5.41, 5.74) is 2.69. The minimum Gasteiger partial charge on any atom is -0.288 e. The highest BCUT2D eigenvalue weighted by atomic mass is 19.4. The van der Waals surface area contributed by atoms with Crippen molar-refractivity contribution < 1.29 is 18.0 Å². The third kappa shape index (κ3) is 4.70. The van der Waals surface area contributed by atoms with Crippen LogP contribution in [0.1, 0.15) is 45.1 Å². The molecule has 1 heterocycles. The fourth-order valence-electron chi connectivity index (χ4n) is 3.05. The number of hydrogen-bond donors (Lipinski definition) is 1. The van der Waals surface area contributed by atoms with Crippen molar-refractivity contribution in [1.82, 2.24) is 10.4 Å². The Morgan fingerprint density at radius 2 is 1.87 bits per heavy atom. The van der Waals surface area contributed by atoms with Crippen molar-refractivity contribution in [2.75, 3.05) is 0 Å². The molecular formula is C17H23F3N2O. The quantitative estimate of drug-likeness (QED) is 0.805. The first-order chi connectivity index (χ1) is 10.7. The van der Waals surface area contributed by atoms with Gasteiger partial charge < -0.3 is 0 Å². The monoisotopic (exact) mass is 328 g/mol. The maximum absolute atomic E-state index is 13.4. The van der Waals surface area contributed by atoms with Gasteiger partial charge in [-0.1, -0.05) is 36.8 Å². The maximum atomic E-state index is 13.4. The fraction of sp³-hybridized carbons (Fsp3) is 0.588. The molecular weight excluding hydrogens is 305 g/mol. The zero-order valence-electron chi connectivity index (χ0n) is 13.5. The van der Waals surface area contributed by atoms with Crippen LogP contribution in [0.2, 0.25) is 0 Å². The highest BCUT2D eigenvalue weighted by molar-refractivity contribution is 5.78. The predicted octanol–water partition coefficient (Wildman–Crippen LogP) is 3.85. The first-order valence-corrected chi connectivity index (χ1v) is 7.89. The Balaban J connectivity index is 1.93. The van der Waals surface area contributed by atoms with Gasteiger partial charge in [0.15, 0.2) is 0 Å². The maximum Gasteiger partial charge on any atom is 0.405 e. The van der Waals surface area contributed by atoms with Gasteiger partial charge in [-0.25, -0.2) is 5.01 Å². The zero-order chi connectivity index (χ0) is 17.1. The van der Waals surface area contributed by atoms with Crippen molar-refractivity contribution in [3.63, 3.8) is 0 Å². The zero-order valence-corrected chi connectivity index (χ0v) is 13.5. The van der Waals surface area contributed by atoms with Gasteiger partial charge in [0.25, 0.3) is 0 Å². The molecule has 6 heteroatoms. The molecule has 1 aromatic carbocycles. The lowest BCUT2D eigenvalue weighted by Gasteiger charge is -2.37. The Morgan fingerprint density at radius 1 is 1.22 bits per heavy atom. The van der Waals surface area contributed by atoms with Crippen LogP contribution in [0.4, 0.5) is 13.2 Å². The van der Waals surface area contributed by atoms with Crippen molar-refractivity contribution in [2.45, 2.75) is 63.7 Å². The molecule has 1 aromatic rings. The van der Waals surface area contributed by atoms with E-state index in [9.17, 15) is 18.0 Å². The average molecular weight is 328 g/mol. The molecule has 1 aliphatic heterocycles. The first kappa shape index (κ1) is 17.8. The van der Waals surface area contributed by atoms with Gasteiger partial charge in [-0.15, -0.1) is 0 Å². The summed E-state index contributed by atoms with van der Waals surface area (Å²) < 4.78 is 40.2. The Hall–Kier alpha value is -1.56. The number of aryl methyl sites for hydroxylation is 1. The molecule has 3 nitrogen and oxygen atoms in total. The van der Waals surface area contributed by atoms with E-state index in [1.165, 1.54) is 0 Å². The number of halogens is 3. The van der Waals surface area contributed by atoms with Gasteiger partial charge in [0.05, 0.1) is 0 Å². The molecule has 0 spiro atoms. The molecule has 1 fully saturated rings. The van der Waals surface area contributed by atoms with Gasteiger partial charge >= 0.3 is 6.18 Å². The lowest BCUT2D eigenvalue weighted by molar-refractivity contribution is -0.202. The van der Waals surface area contributed by atoms with Crippen LogP contribution in [0.3, 0.4) is 0 Å². The summed E-state index contributed by atoms with van der Waals surface area (Å²) >= 11 is 0. The molecule has 1 amide bonds. The van der Waals surface area contributed by atoms with Crippen molar-refractivity contribution in [1.29, 1.82) is 0 Å². The number of carbonyl (C=O) groups is 1. The second-order valence-corrected chi connectivity index (χ2v) is 6.68. The lowest BCUT2D eigenvalue weighted by atomic mass is 9.97. The minimum absolute atomic E-state index is 0.0138. The Bertz CT molecular complexity index is 528. The molecule has 2 rings (SSSR count). The largest absolute Gasteiger partial charge is 0.405 e. The Kier molecular flexibility index (Phi) is 5.34. The summed E-state index contributed by atoms with van der Waals surface area (Å²) in [5.74, 6) is -0.353. The van der Waals surface area contributed by atoms with Crippen molar-refractivity contribution in [3.05, 3.63) is 35.9 Å². The Labute approximate surface area is 134 Å². The molecule has 0 saturated carbocycles. The van der Waals surface area contributed by atoms with E-state index in [1.54, 1.807) is 13.8 Å². The number of amides is 1. The topological polar surface area (TPSA) is 32.3 Å². The number of benzene rings is 1. The van der Waals surface area contributed by atoms with E-state index in [0.717, 1.165) is 17.0 Å². The van der Waals surface area contributed by atoms with Crippen LogP contribution in [0.15, 0.2) is 30.3 Å². The van der Waals surface area contributed by atoms with Crippen LogP contribution in [-0.4, -0.2) is 28.7 Å². The number of hydrogen-bond acceptors (Lipinski definition) is 2. The molecule has 1 saturated heterocycles. The molecule has 1 N–H and O–H groups in total. The summed E-state index contributed by atoms with van der Waals surface area (Å²) in [7, 11) is 0. The summed E-state index contributed by atoms with van der Waals surface area (Å²) in [5, 5.41) is 1.10. The Morgan fingerprint density at radius 3 is 2.39 bits per heavy atom. The normalized spacial score (nSPS) is 19.6. The highest BCUT2D eigenvalue weighted by Gasteiger charge is 2.51. The summed E-state index contributed by atoms with van der Waals surface area (Å²) in [6, 6.07) is 8.09. The van der Waals surface area contributed by atoms with E-state index in [4.69, 9.17) is 0 Å². The van der Waals surface area contributed by atoms with Crippen molar-refractivity contribution in [3.8, 4) is 0 Å². The number of alkyl halides is 3. The summed E-state index contributed by atoms with van der Waals surface area (Å²) in [6.45, 7) is 3.32.